The van der Waals surface area contributed by atoms with Crippen LogP contribution in [0.25, 0.3) is 10.9 Å². The first kappa shape index (κ1) is 16.4. The maximum absolute atomic E-state index is 13.1. The molecule has 3 heterocycles. The molecule has 1 aliphatic rings. The van der Waals surface area contributed by atoms with E-state index in [1.54, 1.807) is 30.9 Å². The fourth-order valence-corrected chi connectivity index (χ4v) is 3.27. The second kappa shape index (κ2) is 6.71. The van der Waals surface area contributed by atoms with E-state index < -0.39 is 0 Å². The number of anilines is 1. The highest BCUT2D eigenvalue weighted by Crippen LogP contribution is 2.31. The molecule has 0 aliphatic carbocycles. The second-order valence-corrected chi connectivity index (χ2v) is 6.33. The summed E-state index contributed by atoms with van der Waals surface area (Å²) in [6.07, 6.45) is 4.61. The first-order valence-electron chi connectivity index (χ1n) is 8.52. The molecule has 3 aromatic rings. The molecular weight excluding hydrogens is 333 g/mol. The Morgan fingerprint density at radius 2 is 1.85 bits per heavy atom. The van der Waals surface area contributed by atoms with E-state index in [1.807, 2.05) is 6.07 Å². The summed E-state index contributed by atoms with van der Waals surface area (Å²) in [5.41, 5.74) is 4.39. The molecule has 1 aromatic carbocycles. The summed E-state index contributed by atoms with van der Waals surface area (Å²) in [6, 6.07) is 8.47. The van der Waals surface area contributed by atoms with Crippen molar-refractivity contribution in [2.75, 3.05) is 5.32 Å². The summed E-state index contributed by atoms with van der Waals surface area (Å²) in [4.78, 5) is 4.51. The SMILES string of the molecule is Cc1c(C)n(CC2OC=CO2)c2ccnc(NCc3ccc(F)cc3)c12. The number of fused-ring (bicyclic) bond motifs is 1. The van der Waals surface area contributed by atoms with Gasteiger partial charge in [-0.15, -0.1) is 0 Å². The van der Waals surface area contributed by atoms with Gasteiger partial charge >= 0.3 is 0 Å². The van der Waals surface area contributed by atoms with Gasteiger partial charge in [0, 0.05) is 23.8 Å². The van der Waals surface area contributed by atoms with Gasteiger partial charge in [-0.05, 0) is 43.2 Å². The van der Waals surface area contributed by atoms with Crippen LogP contribution in [0.3, 0.4) is 0 Å². The van der Waals surface area contributed by atoms with Crippen molar-refractivity contribution in [1.29, 1.82) is 0 Å². The van der Waals surface area contributed by atoms with Gasteiger partial charge < -0.3 is 19.4 Å². The molecule has 0 radical (unpaired) electrons. The van der Waals surface area contributed by atoms with Gasteiger partial charge in [-0.2, -0.15) is 0 Å². The van der Waals surface area contributed by atoms with Crippen LogP contribution >= 0.6 is 0 Å². The lowest BCUT2D eigenvalue weighted by Gasteiger charge is -2.14. The summed E-state index contributed by atoms with van der Waals surface area (Å²) < 4.78 is 26.1. The number of hydrogen-bond donors (Lipinski definition) is 1. The summed E-state index contributed by atoms with van der Waals surface area (Å²) in [6.45, 7) is 5.36. The molecule has 2 aromatic heterocycles. The number of halogens is 1. The lowest BCUT2D eigenvalue weighted by molar-refractivity contribution is -0.0337. The van der Waals surface area contributed by atoms with E-state index in [-0.39, 0.29) is 12.1 Å². The Bertz CT molecular complexity index is 955. The van der Waals surface area contributed by atoms with Gasteiger partial charge in [0.2, 0.25) is 0 Å². The van der Waals surface area contributed by atoms with Crippen LogP contribution < -0.4 is 5.32 Å². The maximum Gasteiger partial charge on any atom is 0.257 e. The predicted octanol–water partition coefficient (Wildman–Crippen LogP) is 4.25. The van der Waals surface area contributed by atoms with Crippen LogP contribution in [0.4, 0.5) is 10.2 Å². The van der Waals surface area contributed by atoms with Gasteiger partial charge in [-0.3, -0.25) is 0 Å². The first-order valence-corrected chi connectivity index (χ1v) is 8.52. The third-order valence-electron chi connectivity index (χ3n) is 4.76. The van der Waals surface area contributed by atoms with Crippen molar-refractivity contribution in [1.82, 2.24) is 9.55 Å². The normalized spacial score (nSPS) is 13.8. The molecule has 0 amide bonds. The number of aromatic nitrogens is 2. The molecule has 0 atom stereocenters. The smallest absolute Gasteiger partial charge is 0.257 e. The fraction of sp³-hybridized carbons (Fsp3) is 0.250. The van der Waals surface area contributed by atoms with E-state index in [4.69, 9.17) is 9.47 Å². The topological polar surface area (TPSA) is 48.3 Å². The molecule has 26 heavy (non-hydrogen) atoms. The zero-order valence-corrected chi connectivity index (χ0v) is 14.7. The number of hydrogen-bond acceptors (Lipinski definition) is 4. The Hall–Kier alpha value is -3.02. The highest BCUT2D eigenvalue weighted by Gasteiger charge is 2.20. The predicted molar refractivity (Wildman–Crippen MR) is 98.0 cm³/mol. The van der Waals surface area contributed by atoms with Gasteiger partial charge in [0.05, 0.1) is 12.1 Å². The number of rotatable bonds is 5. The second-order valence-electron chi connectivity index (χ2n) is 6.33. The van der Waals surface area contributed by atoms with Gasteiger partial charge in [-0.1, -0.05) is 12.1 Å². The molecule has 134 valence electrons. The molecular formula is C20H20FN3O2. The van der Waals surface area contributed by atoms with E-state index in [9.17, 15) is 4.39 Å². The molecule has 6 heteroatoms. The maximum atomic E-state index is 13.1. The van der Waals surface area contributed by atoms with Gasteiger partial charge in [0.25, 0.3) is 6.29 Å². The Kier molecular flexibility index (Phi) is 4.24. The van der Waals surface area contributed by atoms with Crippen LogP contribution in [0.5, 0.6) is 0 Å². The van der Waals surface area contributed by atoms with E-state index in [0.717, 1.165) is 28.0 Å². The molecule has 0 spiro atoms. The Labute approximate surface area is 151 Å². The molecule has 0 fully saturated rings. The number of ether oxygens (including phenoxy) is 2. The number of aryl methyl sites for hydroxylation is 1. The standard InChI is InChI=1S/C20H20FN3O2/c1-13-14(2)24(12-18-25-9-10-26-18)17-7-8-22-20(19(13)17)23-11-15-3-5-16(21)6-4-15/h3-10,18H,11-12H2,1-2H3,(H,22,23). The molecule has 0 bridgehead atoms. The summed E-state index contributed by atoms with van der Waals surface area (Å²) in [5.74, 6) is 0.584. The molecule has 1 N–H and O–H groups in total. The van der Waals surface area contributed by atoms with Crippen molar-refractivity contribution in [3.63, 3.8) is 0 Å². The fourth-order valence-electron chi connectivity index (χ4n) is 3.27. The van der Waals surface area contributed by atoms with Gasteiger partial charge in [0.15, 0.2) is 0 Å². The summed E-state index contributed by atoms with van der Waals surface area (Å²) >= 11 is 0. The van der Waals surface area contributed by atoms with Crippen LogP contribution in [-0.4, -0.2) is 15.8 Å². The van der Waals surface area contributed by atoms with Crippen molar-refractivity contribution in [2.24, 2.45) is 0 Å². The van der Waals surface area contributed by atoms with E-state index in [2.05, 4.69) is 28.7 Å². The lowest BCUT2D eigenvalue weighted by atomic mass is 10.1. The highest BCUT2D eigenvalue weighted by molar-refractivity contribution is 5.94. The van der Waals surface area contributed by atoms with E-state index >= 15 is 0 Å². The number of benzene rings is 1. The van der Waals surface area contributed by atoms with Crippen LogP contribution in [0.15, 0.2) is 49.1 Å². The highest BCUT2D eigenvalue weighted by atomic mass is 19.1. The van der Waals surface area contributed by atoms with Crippen molar-refractivity contribution in [2.45, 2.75) is 33.2 Å². The monoisotopic (exact) mass is 353 g/mol. The zero-order valence-electron chi connectivity index (χ0n) is 14.7. The van der Waals surface area contributed by atoms with Crippen LogP contribution in [0.1, 0.15) is 16.8 Å². The minimum Gasteiger partial charge on any atom is -0.457 e. The average molecular weight is 353 g/mol. The lowest BCUT2D eigenvalue weighted by Crippen LogP contribution is -2.17. The third kappa shape index (κ3) is 2.98. The number of nitrogens with zero attached hydrogens (tertiary/aromatic N) is 2. The molecule has 4 rings (SSSR count). The molecule has 0 saturated heterocycles. The Balaban J connectivity index is 1.64. The average Bonchev–Trinajstić information content (AvgIpc) is 3.25. The van der Waals surface area contributed by atoms with Crippen molar-refractivity contribution in [3.8, 4) is 0 Å². The summed E-state index contributed by atoms with van der Waals surface area (Å²) in [5, 5.41) is 4.46. The van der Waals surface area contributed by atoms with Crippen LogP contribution in [0, 0.1) is 19.7 Å². The first-order chi connectivity index (χ1) is 12.6. The number of nitrogens with one attached hydrogen (secondary N) is 1. The Morgan fingerprint density at radius 1 is 1.12 bits per heavy atom. The van der Waals surface area contributed by atoms with Gasteiger partial charge in [0.1, 0.15) is 24.2 Å². The zero-order chi connectivity index (χ0) is 18.1. The van der Waals surface area contributed by atoms with Crippen molar-refractivity contribution in [3.05, 3.63) is 71.7 Å². The van der Waals surface area contributed by atoms with E-state index in [1.165, 1.54) is 17.7 Å². The van der Waals surface area contributed by atoms with Gasteiger partial charge in [-0.25, -0.2) is 9.37 Å². The quantitative estimate of drug-likeness (QED) is 0.745. The van der Waals surface area contributed by atoms with Crippen molar-refractivity contribution >= 4 is 16.7 Å². The largest absolute Gasteiger partial charge is 0.457 e. The third-order valence-corrected chi connectivity index (χ3v) is 4.76. The molecule has 5 nitrogen and oxygen atoms in total. The molecule has 0 unspecified atom stereocenters. The van der Waals surface area contributed by atoms with Crippen LogP contribution in [0.2, 0.25) is 0 Å². The minimum atomic E-state index is -0.313. The van der Waals surface area contributed by atoms with E-state index in [0.29, 0.717) is 13.1 Å². The number of pyridine rings is 1. The minimum absolute atomic E-state index is 0.233. The van der Waals surface area contributed by atoms with Crippen LogP contribution in [-0.2, 0) is 22.6 Å². The molecule has 1 aliphatic heterocycles. The Morgan fingerprint density at radius 3 is 2.58 bits per heavy atom. The van der Waals surface area contributed by atoms with Crippen molar-refractivity contribution < 1.29 is 13.9 Å². The molecule has 0 saturated carbocycles. The summed E-state index contributed by atoms with van der Waals surface area (Å²) in [7, 11) is 0.